The molecule has 0 radical (unpaired) electrons. The normalized spacial score (nSPS) is 23.1. The molecule has 0 saturated carbocycles. The van der Waals surface area contributed by atoms with Crippen molar-refractivity contribution in [3.8, 4) is 0 Å². The fourth-order valence-corrected chi connectivity index (χ4v) is 2.69. The summed E-state index contributed by atoms with van der Waals surface area (Å²) in [5, 5.41) is 2.60. The Bertz CT molecular complexity index is 446. The molecule has 1 rings (SSSR count). The molecule has 0 spiro atoms. The van der Waals surface area contributed by atoms with Crippen LogP contribution in [0.1, 0.15) is 48.0 Å². The van der Waals surface area contributed by atoms with E-state index in [9.17, 15) is 14.4 Å². The number of carbonyl (C=O) groups excluding carboxylic acids is 3. The second-order valence-electron chi connectivity index (χ2n) is 7.80. The minimum absolute atomic E-state index is 0.175. The van der Waals surface area contributed by atoms with Gasteiger partial charge in [0.25, 0.3) is 5.91 Å². The van der Waals surface area contributed by atoms with Crippen LogP contribution in [0.3, 0.4) is 0 Å². The smallest absolute Gasteiger partial charge is 0.328 e. The molecule has 6 nitrogen and oxygen atoms in total. The highest BCUT2D eigenvalue weighted by Gasteiger charge is 2.28. The second-order valence-corrected chi connectivity index (χ2v) is 7.80. The van der Waals surface area contributed by atoms with Crippen LogP contribution in [-0.2, 0) is 19.1 Å². The van der Waals surface area contributed by atoms with Crippen molar-refractivity contribution in [2.45, 2.75) is 54.0 Å². The lowest BCUT2D eigenvalue weighted by molar-refractivity contribution is -0.155. The number of amides is 2. The molecule has 3 atom stereocenters. The largest absolute Gasteiger partial charge is 0.454 e. The Labute approximate surface area is 138 Å². The Morgan fingerprint density at radius 3 is 2.17 bits per heavy atom. The highest BCUT2D eigenvalue weighted by Crippen LogP contribution is 2.20. The van der Waals surface area contributed by atoms with E-state index in [0.717, 1.165) is 6.42 Å². The lowest BCUT2D eigenvalue weighted by Crippen LogP contribution is -2.47. The first kappa shape index (κ1) is 19.5. The second kappa shape index (κ2) is 7.79. The van der Waals surface area contributed by atoms with Gasteiger partial charge in [0.1, 0.15) is 6.04 Å². The van der Waals surface area contributed by atoms with E-state index in [-0.39, 0.29) is 18.4 Å². The number of carbonyl (C=O) groups is 3. The molecule has 0 unspecified atom stereocenters. The predicted octanol–water partition coefficient (Wildman–Crippen LogP) is 1.58. The molecule has 6 heteroatoms. The highest BCUT2D eigenvalue weighted by atomic mass is 16.5. The summed E-state index contributed by atoms with van der Waals surface area (Å²) in [4.78, 5) is 37.7. The maximum absolute atomic E-state index is 12.2. The van der Waals surface area contributed by atoms with Gasteiger partial charge in [-0.05, 0) is 25.2 Å². The molecule has 0 aliphatic carbocycles. The first-order chi connectivity index (χ1) is 10.5. The van der Waals surface area contributed by atoms with Crippen molar-refractivity contribution in [2.24, 2.45) is 17.3 Å². The van der Waals surface area contributed by atoms with E-state index in [0.29, 0.717) is 24.9 Å². The van der Waals surface area contributed by atoms with Crippen molar-refractivity contribution in [2.75, 3.05) is 19.7 Å². The summed E-state index contributed by atoms with van der Waals surface area (Å²) in [6, 6.07) is -0.770. The molecule has 1 aliphatic heterocycles. The molecule has 1 aliphatic rings. The Morgan fingerprint density at radius 1 is 1.17 bits per heavy atom. The van der Waals surface area contributed by atoms with Gasteiger partial charge in [-0.1, -0.05) is 34.6 Å². The van der Waals surface area contributed by atoms with Gasteiger partial charge in [-0.25, -0.2) is 4.79 Å². The van der Waals surface area contributed by atoms with Crippen LogP contribution >= 0.6 is 0 Å². The van der Waals surface area contributed by atoms with Crippen molar-refractivity contribution >= 4 is 17.8 Å². The van der Waals surface area contributed by atoms with Gasteiger partial charge in [0.15, 0.2) is 6.61 Å². The molecule has 1 N–H and O–H groups in total. The highest BCUT2D eigenvalue weighted by molar-refractivity contribution is 5.88. The lowest BCUT2D eigenvalue weighted by Gasteiger charge is -2.34. The zero-order valence-electron chi connectivity index (χ0n) is 15.1. The molecular weight excluding hydrogens is 296 g/mol. The minimum Gasteiger partial charge on any atom is -0.454 e. The Kier molecular flexibility index (Phi) is 6.59. The van der Waals surface area contributed by atoms with E-state index in [4.69, 9.17) is 4.74 Å². The molecule has 2 amide bonds. The maximum Gasteiger partial charge on any atom is 0.328 e. The van der Waals surface area contributed by atoms with Gasteiger partial charge in [-0.3, -0.25) is 9.59 Å². The average Bonchev–Trinajstić information content (AvgIpc) is 2.41. The third-order valence-corrected chi connectivity index (χ3v) is 3.94. The van der Waals surface area contributed by atoms with Crippen LogP contribution in [0.25, 0.3) is 0 Å². The quantitative estimate of drug-likeness (QED) is 0.796. The number of hydrogen-bond donors (Lipinski definition) is 1. The van der Waals surface area contributed by atoms with Crippen LogP contribution in [0, 0.1) is 17.3 Å². The van der Waals surface area contributed by atoms with Gasteiger partial charge in [0.2, 0.25) is 5.91 Å². The fraction of sp³-hybridized carbons (Fsp3) is 0.824. The van der Waals surface area contributed by atoms with Crippen LogP contribution in [0.5, 0.6) is 0 Å². The summed E-state index contributed by atoms with van der Waals surface area (Å²) in [7, 11) is 0. The van der Waals surface area contributed by atoms with Crippen molar-refractivity contribution in [3.05, 3.63) is 0 Å². The number of rotatable bonds is 4. The molecule has 1 fully saturated rings. The Morgan fingerprint density at radius 2 is 1.70 bits per heavy atom. The van der Waals surface area contributed by atoms with Gasteiger partial charge in [0, 0.05) is 18.5 Å². The molecule has 132 valence electrons. The van der Waals surface area contributed by atoms with Crippen LogP contribution in [0.2, 0.25) is 0 Å². The zero-order chi connectivity index (χ0) is 17.8. The molecule has 0 aromatic rings. The maximum atomic E-state index is 12.2. The molecule has 0 aromatic heterocycles. The van der Waals surface area contributed by atoms with E-state index in [1.54, 1.807) is 32.6 Å². The number of hydrogen-bond acceptors (Lipinski definition) is 4. The molecular formula is C17H30N2O4. The van der Waals surface area contributed by atoms with E-state index in [1.165, 1.54) is 0 Å². The standard InChI is InChI=1S/C17H30N2O4/c1-11-7-12(2)9-19(8-11)14(20)10-23-15(21)13(3)18-16(22)17(4,5)6/h11-13H,7-10H2,1-6H3,(H,18,22)/t11-,12+,13-/m1/s1. The van der Waals surface area contributed by atoms with Crippen LogP contribution in [0.15, 0.2) is 0 Å². The summed E-state index contributed by atoms with van der Waals surface area (Å²) >= 11 is 0. The topological polar surface area (TPSA) is 75.7 Å². The van der Waals surface area contributed by atoms with Crippen LogP contribution < -0.4 is 5.32 Å². The average molecular weight is 326 g/mol. The number of esters is 1. The summed E-state index contributed by atoms with van der Waals surface area (Å²) in [6.45, 7) is 12.2. The van der Waals surface area contributed by atoms with E-state index in [1.807, 2.05) is 0 Å². The number of nitrogens with one attached hydrogen (secondary N) is 1. The number of ether oxygens (including phenoxy) is 1. The predicted molar refractivity (Wildman–Crippen MR) is 87.5 cm³/mol. The minimum atomic E-state index is -0.770. The fourth-order valence-electron chi connectivity index (χ4n) is 2.69. The Hall–Kier alpha value is -1.59. The Balaban J connectivity index is 2.43. The van der Waals surface area contributed by atoms with Gasteiger partial charge in [0.05, 0.1) is 0 Å². The first-order valence-electron chi connectivity index (χ1n) is 8.26. The van der Waals surface area contributed by atoms with Gasteiger partial charge >= 0.3 is 5.97 Å². The molecule has 1 heterocycles. The van der Waals surface area contributed by atoms with Crippen molar-refractivity contribution < 1.29 is 19.1 Å². The van der Waals surface area contributed by atoms with Crippen LogP contribution in [-0.4, -0.2) is 48.4 Å². The lowest BCUT2D eigenvalue weighted by atomic mass is 9.92. The van der Waals surface area contributed by atoms with Crippen molar-refractivity contribution in [3.63, 3.8) is 0 Å². The third-order valence-electron chi connectivity index (χ3n) is 3.94. The molecule has 0 aromatic carbocycles. The van der Waals surface area contributed by atoms with E-state index < -0.39 is 17.4 Å². The van der Waals surface area contributed by atoms with Crippen molar-refractivity contribution in [1.82, 2.24) is 10.2 Å². The third kappa shape index (κ3) is 6.20. The number of nitrogens with zero attached hydrogens (tertiary/aromatic N) is 1. The summed E-state index contributed by atoms with van der Waals surface area (Å²) in [5.74, 6) is -0.0705. The summed E-state index contributed by atoms with van der Waals surface area (Å²) < 4.78 is 5.06. The van der Waals surface area contributed by atoms with Crippen LogP contribution in [0.4, 0.5) is 0 Å². The van der Waals surface area contributed by atoms with Gasteiger partial charge in [-0.15, -0.1) is 0 Å². The van der Waals surface area contributed by atoms with E-state index in [2.05, 4.69) is 19.2 Å². The molecule has 1 saturated heterocycles. The molecule has 23 heavy (non-hydrogen) atoms. The van der Waals surface area contributed by atoms with Gasteiger partial charge in [-0.2, -0.15) is 0 Å². The first-order valence-corrected chi connectivity index (χ1v) is 8.26. The van der Waals surface area contributed by atoms with E-state index >= 15 is 0 Å². The molecule has 0 bridgehead atoms. The van der Waals surface area contributed by atoms with Crippen molar-refractivity contribution in [1.29, 1.82) is 0 Å². The monoisotopic (exact) mass is 326 g/mol. The summed E-state index contributed by atoms with van der Waals surface area (Å²) in [5.41, 5.74) is -0.579. The van der Waals surface area contributed by atoms with Gasteiger partial charge < -0.3 is 15.0 Å². The SMILES string of the molecule is C[C@@H]1C[C@H](C)CN(C(=O)COC(=O)[C@@H](C)NC(=O)C(C)(C)C)C1. The number of likely N-dealkylation sites (tertiary alicyclic amines) is 1. The zero-order valence-corrected chi connectivity index (χ0v) is 15.1. The number of piperidine rings is 1. The summed E-state index contributed by atoms with van der Waals surface area (Å²) in [6.07, 6.45) is 1.11.